The Balaban J connectivity index is 1.50. The number of hydrogen-bond acceptors (Lipinski definition) is 4. The van der Waals surface area contributed by atoms with Gasteiger partial charge in [-0.2, -0.15) is 0 Å². The average molecular weight is 337 g/mol. The van der Waals surface area contributed by atoms with Gasteiger partial charge in [0, 0.05) is 25.7 Å². The third-order valence-electron chi connectivity index (χ3n) is 5.96. The van der Waals surface area contributed by atoms with E-state index < -0.39 is 0 Å². The summed E-state index contributed by atoms with van der Waals surface area (Å²) in [5, 5.41) is 12.3. The number of aliphatic hydroxyl groups is 1. The predicted octanol–water partition coefficient (Wildman–Crippen LogP) is 0.742. The van der Waals surface area contributed by atoms with Gasteiger partial charge in [0.2, 0.25) is 11.8 Å². The second-order valence-corrected chi connectivity index (χ2v) is 7.76. The van der Waals surface area contributed by atoms with Gasteiger partial charge in [0.15, 0.2) is 0 Å². The number of nitrogens with one attached hydrogen (secondary N) is 1. The number of nitrogens with zero attached hydrogens (tertiary/aromatic N) is 2. The molecular weight excluding hydrogens is 306 g/mol. The maximum Gasteiger partial charge on any atom is 0.234 e. The second-order valence-electron chi connectivity index (χ2n) is 7.76. The van der Waals surface area contributed by atoms with Crippen LogP contribution in [0.2, 0.25) is 0 Å². The van der Waals surface area contributed by atoms with Gasteiger partial charge in [-0.25, -0.2) is 0 Å². The molecular formula is C18H31N3O3. The molecule has 3 fully saturated rings. The Bertz CT molecular complexity index is 462. The van der Waals surface area contributed by atoms with E-state index in [1.54, 1.807) is 4.90 Å². The first-order valence-corrected chi connectivity index (χ1v) is 9.55. The Morgan fingerprint density at radius 3 is 2.71 bits per heavy atom. The number of carbonyl (C=O) groups excluding carboxylic acids is 2. The minimum atomic E-state index is -0.321. The van der Waals surface area contributed by atoms with Gasteiger partial charge in [-0.1, -0.05) is 19.3 Å². The SMILES string of the molecule is O=C(CN1CCC2(CCCN(CCO)C2=O)C1)NC1CCCCC1. The van der Waals surface area contributed by atoms with Crippen molar-refractivity contribution in [2.45, 2.75) is 57.4 Å². The van der Waals surface area contributed by atoms with E-state index in [4.69, 9.17) is 5.11 Å². The zero-order chi connectivity index (χ0) is 17.0. The maximum atomic E-state index is 12.8. The lowest BCUT2D eigenvalue weighted by molar-refractivity contribution is -0.146. The largest absolute Gasteiger partial charge is 0.395 e. The molecule has 2 saturated heterocycles. The standard InChI is InChI=1S/C18H31N3O3/c22-12-11-21-9-4-7-18(17(21)24)8-10-20(14-18)13-16(23)19-15-5-2-1-3-6-15/h15,22H,1-14H2,(H,19,23). The number of amides is 2. The van der Waals surface area contributed by atoms with Crippen molar-refractivity contribution in [1.82, 2.24) is 15.1 Å². The van der Waals surface area contributed by atoms with Gasteiger partial charge in [0.1, 0.15) is 0 Å². The van der Waals surface area contributed by atoms with Gasteiger partial charge in [-0.05, 0) is 38.6 Å². The molecule has 2 N–H and O–H groups in total. The molecule has 0 bridgehead atoms. The fourth-order valence-corrected chi connectivity index (χ4v) is 4.68. The highest BCUT2D eigenvalue weighted by atomic mass is 16.3. The monoisotopic (exact) mass is 337 g/mol. The molecule has 3 aliphatic rings. The van der Waals surface area contributed by atoms with Crippen LogP contribution in [-0.2, 0) is 9.59 Å². The molecule has 0 aromatic rings. The number of hydrogen-bond donors (Lipinski definition) is 2. The molecule has 1 atom stereocenters. The Labute approximate surface area is 144 Å². The quantitative estimate of drug-likeness (QED) is 0.776. The van der Waals surface area contributed by atoms with E-state index in [2.05, 4.69) is 10.2 Å². The van der Waals surface area contributed by atoms with Gasteiger partial charge < -0.3 is 15.3 Å². The minimum Gasteiger partial charge on any atom is -0.395 e. The van der Waals surface area contributed by atoms with Crippen molar-refractivity contribution in [3.8, 4) is 0 Å². The lowest BCUT2D eigenvalue weighted by Crippen LogP contribution is -2.51. The maximum absolute atomic E-state index is 12.8. The van der Waals surface area contributed by atoms with Crippen LogP contribution in [0.4, 0.5) is 0 Å². The molecule has 0 aromatic heterocycles. The van der Waals surface area contributed by atoms with Crippen molar-refractivity contribution in [2.24, 2.45) is 5.41 Å². The molecule has 0 radical (unpaired) electrons. The van der Waals surface area contributed by atoms with Crippen molar-refractivity contribution < 1.29 is 14.7 Å². The minimum absolute atomic E-state index is 0.0231. The van der Waals surface area contributed by atoms with E-state index in [9.17, 15) is 9.59 Å². The third-order valence-corrected chi connectivity index (χ3v) is 5.96. The number of likely N-dealkylation sites (tertiary alicyclic amines) is 2. The number of β-amino-alcohol motifs (C(OH)–C–C–N with tert-alkyl or cyclic N) is 1. The number of piperidine rings is 1. The van der Waals surface area contributed by atoms with Gasteiger partial charge in [-0.3, -0.25) is 14.5 Å². The lowest BCUT2D eigenvalue weighted by Gasteiger charge is -2.39. The highest BCUT2D eigenvalue weighted by Gasteiger charge is 2.48. The van der Waals surface area contributed by atoms with Crippen molar-refractivity contribution in [2.75, 3.05) is 39.3 Å². The summed E-state index contributed by atoms with van der Waals surface area (Å²) in [5.74, 6) is 0.285. The van der Waals surface area contributed by atoms with Crippen LogP contribution in [-0.4, -0.2) is 72.1 Å². The van der Waals surface area contributed by atoms with Crippen molar-refractivity contribution in [3.05, 3.63) is 0 Å². The summed E-state index contributed by atoms with van der Waals surface area (Å²) in [6, 6.07) is 0.346. The molecule has 2 heterocycles. The normalized spacial score (nSPS) is 29.4. The topological polar surface area (TPSA) is 72.9 Å². The molecule has 24 heavy (non-hydrogen) atoms. The predicted molar refractivity (Wildman–Crippen MR) is 91.4 cm³/mol. The van der Waals surface area contributed by atoms with E-state index in [1.807, 2.05) is 0 Å². The fraction of sp³-hybridized carbons (Fsp3) is 0.889. The molecule has 1 aliphatic carbocycles. The highest BCUT2D eigenvalue weighted by molar-refractivity contribution is 5.84. The van der Waals surface area contributed by atoms with Crippen LogP contribution >= 0.6 is 0 Å². The molecule has 1 unspecified atom stereocenters. The fourth-order valence-electron chi connectivity index (χ4n) is 4.68. The summed E-state index contributed by atoms with van der Waals surface area (Å²) >= 11 is 0. The number of carbonyl (C=O) groups is 2. The van der Waals surface area contributed by atoms with Crippen molar-refractivity contribution in [3.63, 3.8) is 0 Å². The van der Waals surface area contributed by atoms with Gasteiger partial charge in [-0.15, -0.1) is 0 Å². The summed E-state index contributed by atoms with van der Waals surface area (Å²) in [6.45, 7) is 3.12. The second kappa shape index (κ2) is 7.83. The van der Waals surface area contributed by atoms with E-state index in [0.29, 0.717) is 25.7 Å². The van der Waals surface area contributed by atoms with Gasteiger partial charge in [0.25, 0.3) is 0 Å². The highest BCUT2D eigenvalue weighted by Crippen LogP contribution is 2.39. The lowest BCUT2D eigenvalue weighted by atomic mass is 9.78. The first kappa shape index (κ1) is 17.7. The Kier molecular flexibility index (Phi) is 5.76. The molecule has 6 nitrogen and oxygen atoms in total. The molecule has 2 amide bonds. The van der Waals surface area contributed by atoms with E-state index in [1.165, 1.54) is 19.3 Å². The van der Waals surface area contributed by atoms with Crippen LogP contribution in [0.5, 0.6) is 0 Å². The Hall–Kier alpha value is -1.14. The summed E-state index contributed by atoms with van der Waals surface area (Å²) in [5.41, 5.74) is -0.321. The molecule has 0 aromatic carbocycles. The van der Waals surface area contributed by atoms with Gasteiger partial charge >= 0.3 is 0 Å². The Morgan fingerprint density at radius 1 is 1.17 bits per heavy atom. The summed E-state index contributed by atoms with van der Waals surface area (Å²) in [4.78, 5) is 29.0. The molecule has 2 aliphatic heterocycles. The first-order chi connectivity index (χ1) is 11.6. The molecule has 136 valence electrons. The zero-order valence-electron chi connectivity index (χ0n) is 14.6. The van der Waals surface area contributed by atoms with E-state index >= 15 is 0 Å². The average Bonchev–Trinajstić information content (AvgIpc) is 2.97. The van der Waals surface area contributed by atoms with Crippen LogP contribution in [0.15, 0.2) is 0 Å². The summed E-state index contributed by atoms with van der Waals surface area (Å²) < 4.78 is 0. The molecule has 3 rings (SSSR count). The summed E-state index contributed by atoms with van der Waals surface area (Å²) in [6.07, 6.45) is 8.66. The van der Waals surface area contributed by atoms with Crippen molar-refractivity contribution in [1.29, 1.82) is 0 Å². The summed E-state index contributed by atoms with van der Waals surface area (Å²) in [7, 11) is 0. The van der Waals surface area contributed by atoms with Crippen LogP contribution in [0.25, 0.3) is 0 Å². The van der Waals surface area contributed by atoms with Crippen molar-refractivity contribution >= 4 is 11.8 Å². The van der Waals surface area contributed by atoms with E-state index in [-0.39, 0.29) is 23.8 Å². The molecule has 6 heteroatoms. The first-order valence-electron chi connectivity index (χ1n) is 9.55. The smallest absolute Gasteiger partial charge is 0.234 e. The van der Waals surface area contributed by atoms with Crippen LogP contribution in [0, 0.1) is 5.41 Å². The van der Waals surface area contributed by atoms with Crippen LogP contribution in [0.1, 0.15) is 51.4 Å². The molecule has 1 saturated carbocycles. The molecule has 1 spiro atoms. The van der Waals surface area contributed by atoms with Gasteiger partial charge in [0.05, 0.1) is 18.6 Å². The van der Waals surface area contributed by atoms with Crippen LogP contribution < -0.4 is 5.32 Å². The number of rotatable bonds is 5. The third kappa shape index (κ3) is 3.91. The number of aliphatic hydroxyl groups excluding tert-OH is 1. The van der Waals surface area contributed by atoms with Crippen LogP contribution in [0.3, 0.4) is 0 Å². The van der Waals surface area contributed by atoms with E-state index in [0.717, 1.165) is 45.2 Å². The Morgan fingerprint density at radius 2 is 1.96 bits per heavy atom. The zero-order valence-corrected chi connectivity index (χ0v) is 14.6.